The number of halogens is 1. The van der Waals surface area contributed by atoms with E-state index in [9.17, 15) is 4.79 Å². The van der Waals surface area contributed by atoms with Crippen molar-refractivity contribution in [2.24, 2.45) is 11.3 Å². The number of nitrogens with one attached hydrogen (secondary N) is 1. The van der Waals surface area contributed by atoms with Crippen LogP contribution in [0.5, 0.6) is 0 Å². The van der Waals surface area contributed by atoms with Gasteiger partial charge in [0.2, 0.25) is 5.91 Å². The Balaban J connectivity index is 2.04. The Morgan fingerprint density at radius 3 is 2.17 bits per heavy atom. The summed E-state index contributed by atoms with van der Waals surface area (Å²) in [5.41, 5.74) is 0.0164. The molecule has 2 nitrogen and oxygen atoms in total. The molecule has 2 saturated carbocycles. The highest BCUT2D eigenvalue weighted by atomic mass is 79.9. The fourth-order valence-electron chi connectivity index (χ4n) is 3.63. The smallest absolute Gasteiger partial charge is 0.226 e. The minimum absolute atomic E-state index is 0.0566. The first-order chi connectivity index (χ1) is 8.52. The summed E-state index contributed by atoms with van der Waals surface area (Å²) >= 11 is 3.57. The van der Waals surface area contributed by atoms with Gasteiger partial charge in [0.15, 0.2) is 0 Å². The minimum Gasteiger partial charge on any atom is -0.349 e. The molecule has 0 aliphatic heterocycles. The predicted octanol–water partition coefficient (Wildman–Crippen LogP) is 4.03. The van der Waals surface area contributed by atoms with Crippen LogP contribution >= 0.6 is 15.9 Å². The topological polar surface area (TPSA) is 29.1 Å². The minimum atomic E-state index is -0.0566. The van der Waals surface area contributed by atoms with Gasteiger partial charge in [0.25, 0.3) is 0 Å². The van der Waals surface area contributed by atoms with Crippen LogP contribution in [0, 0.1) is 11.3 Å². The summed E-state index contributed by atoms with van der Waals surface area (Å²) in [6.07, 6.45) is 9.22. The summed E-state index contributed by atoms with van der Waals surface area (Å²) in [6, 6.07) is 0. The fraction of sp³-hybridized carbons (Fsp3) is 0.933. The fourth-order valence-corrected chi connectivity index (χ4v) is 4.33. The number of hydrogen-bond donors (Lipinski definition) is 1. The molecule has 18 heavy (non-hydrogen) atoms. The molecule has 2 aliphatic carbocycles. The maximum Gasteiger partial charge on any atom is 0.226 e. The third-order valence-electron chi connectivity index (χ3n) is 4.79. The largest absolute Gasteiger partial charge is 0.349 e. The Morgan fingerprint density at radius 2 is 1.78 bits per heavy atom. The SMILES string of the molecule is CC(C)CC1(C(=O)NC2(CBr)CCC2)CCCC1. The summed E-state index contributed by atoms with van der Waals surface area (Å²) in [5.74, 6) is 0.947. The molecule has 0 aromatic carbocycles. The molecule has 1 amide bonds. The van der Waals surface area contributed by atoms with E-state index in [0.717, 1.165) is 37.4 Å². The number of hydrogen-bond acceptors (Lipinski definition) is 1. The van der Waals surface area contributed by atoms with Crippen molar-refractivity contribution in [2.75, 3.05) is 5.33 Å². The molecule has 0 unspecified atom stereocenters. The summed E-state index contributed by atoms with van der Waals surface area (Å²) in [7, 11) is 0. The van der Waals surface area contributed by atoms with Crippen LogP contribution in [0.4, 0.5) is 0 Å². The molecule has 0 bridgehead atoms. The number of carbonyl (C=O) groups is 1. The zero-order valence-corrected chi connectivity index (χ0v) is 13.3. The molecule has 2 rings (SSSR count). The van der Waals surface area contributed by atoms with Crippen molar-refractivity contribution < 1.29 is 4.79 Å². The molecule has 3 heteroatoms. The van der Waals surface area contributed by atoms with Crippen LogP contribution in [0.15, 0.2) is 0 Å². The van der Waals surface area contributed by atoms with Crippen molar-refractivity contribution >= 4 is 21.8 Å². The lowest BCUT2D eigenvalue weighted by Gasteiger charge is -2.44. The molecule has 0 saturated heterocycles. The first kappa shape index (κ1) is 14.4. The number of rotatable bonds is 5. The first-order valence-corrected chi connectivity index (χ1v) is 8.53. The second kappa shape index (κ2) is 5.52. The van der Waals surface area contributed by atoms with E-state index in [-0.39, 0.29) is 11.0 Å². The molecule has 1 N–H and O–H groups in total. The Morgan fingerprint density at radius 1 is 1.17 bits per heavy atom. The van der Waals surface area contributed by atoms with Gasteiger partial charge in [0, 0.05) is 16.3 Å². The van der Waals surface area contributed by atoms with E-state index >= 15 is 0 Å². The van der Waals surface area contributed by atoms with Gasteiger partial charge in [0.1, 0.15) is 0 Å². The van der Waals surface area contributed by atoms with Crippen LogP contribution in [0.1, 0.15) is 65.2 Å². The highest BCUT2D eigenvalue weighted by molar-refractivity contribution is 9.09. The van der Waals surface area contributed by atoms with Gasteiger partial charge >= 0.3 is 0 Å². The molecule has 0 atom stereocenters. The van der Waals surface area contributed by atoms with Gasteiger partial charge in [-0.15, -0.1) is 0 Å². The van der Waals surface area contributed by atoms with E-state index in [0.29, 0.717) is 11.8 Å². The lowest BCUT2D eigenvalue weighted by atomic mass is 9.74. The molecule has 0 aromatic rings. The van der Waals surface area contributed by atoms with E-state index in [1.165, 1.54) is 19.3 Å². The zero-order valence-electron chi connectivity index (χ0n) is 11.7. The molecule has 0 spiro atoms. The van der Waals surface area contributed by atoms with Crippen LogP contribution in [-0.4, -0.2) is 16.8 Å². The lowest BCUT2D eigenvalue weighted by molar-refractivity contribution is -0.134. The van der Waals surface area contributed by atoms with E-state index in [2.05, 4.69) is 35.1 Å². The molecule has 0 heterocycles. The van der Waals surface area contributed by atoms with E-state index < -0.39 is 0 Å². The summed E-state index contributed by atoms with van der Waals surface area (Å²) in [4.78, 5) is 12.7. The first-order valence-electron chi connectivity index (χ1n) is 7.41. The van der Waals surface area contributed by atoms with Crippen LogP contribution in [-0.2, 0) is 4.79 Å². The molecular formula is C15H26BrNO. The van der Waals surface area contributed by atoms with Crippen LogP contribution in [0.25, 0.3) is 0 Å². The Labute approximate surface area is 119 Å². The van der Waals surface area contributed by atoms with Crippen LogP contribution < -0.4 is 5.32 Å². The van der Waals surface area contributed by atoms with Crippen molar-refractivity contribution in [3.63, 3.8) is 0 Å². The van der Waals surface area contributed by atoms with Gasteiger partial charge in [-0.2, -0.15) is 0 Å². The van der Waals surface area contributed by atoms with Gasteiger partial charge in [-0.3, -0.25) is 4.79 Å². The molecular weight excluding hydrogens is 290 g/mol. The number of alkyl halides is 1. The second-order valence-electron chi connectivity index (χ2n) is 6.81. The summed E-state index contributed by atoms with van der Waals surface area (Å²) in [6.45, 7) is 4.47. The second-order valence-corrected chi connectivity index (χ2v) is 7.37. The van der Waals surface area contributed by atoms with E-state index in [1.54, 1.807) is 0 Å². The van der Waals surface area contributed by atoms with Gasteiger partial charge in [-0.1, -0.05) is 42.6 Å². The maximum atomic E-state index is 12.7. The van der Waals surface area contributed by atoms with Crippen molar-refractivity contribution in [2.45, 2.75) is 70.8 Å². The monoisotopic (exact) mass is 315 g/mol. The third kappa shape index (κ3) is 2.76. The van der Waals surface area contributed by atoms with Gasteiger partial charge in [0.05, 0.1) is 0 Å². The zero-order chi connectivity index (χ0) is 13.2. The number of carbonyl (C=O) groups excluding carboxylic acids is 1. The predicted molar refractivity (Wildman–Crippen MR) is 78.9 cm³/mol. The average Bonchev–Trinajstić information content (AvgIpc) is 2.72. The van der Waals surface area contributed by atoms with Crippen molar-refractivity contribution in [3.05, 3.63) is 0 Å². The molecule has 104 valence electrons. The van der Waals surface area contributed by atoms with Crippen LogP contribution in [0.2, 0.25) is 0 Å². The van der Waals surface area contributed by atoms with Gasteiger partial charge < -0.3 is 5.32 Å². The lowest BCUT2D eigenvalue weighted by Crippen LogP contribution is -2.58. The molecule has 0 radical (unpaired) electrons. The third-order valence-corrected chi connectivity index (χ3v) is 5.86. The molecule has 2 fully saturated rings. The standard InChI is InChI=1S/C15H26BrNO/c1-12(2)10-14(6-3-4-7-14)13(18)17-15(11-16)8-5-9-15/h12H,3-11H2,1-2H3,(H,17,18). The van der Waals surface area contributed by atoms with E-state index in [4.69, 9.17) is 0 Å². The Kier molecular flexibility index (Phi) is 4.40. The van der Waals surface area contributed by atoms with Crippen LogP contribution in [0.3, 0.4) is 0 Å². The van der Waals surface area contributed by atoms with Crippen molar-refractivity contribution in [3.8, 4) is 0 Å². The highest BCUT2D eigenvalue weighted by Crippen LogP contribution is 2.45. The normalized spacial score (nSPS) is 24.9. The number of amides is 1. The Bertz CT molecular complexity index is 298. The van der Waals surface area contributed by atoms with Gasteiger partial charge in [-0.25, -0.2) is 0 Å². The molecule has 2 aliphatic rings. The average molecular weight is 316 g/mol. The summed E-state index contributed by atoms with van der Waals surface area (Å²) in [5, 5.41) is 4.29. The Hall–Kier alpha value is -0.0500. The van der Waals surface area contributed by atoms with Crippen molar-refractivity contribution in [1.29, 1.82) is 0 Å². The molecule has 0 aromatic heterocycles. The quantitative estimate of drug-likeness (QED) is 0.763. The maximum absolute atomic E-state index is 12.7. The highest BCUT2D eigenvalue weighted by Gasteiger charge is 2.46. The van der Waals surface area contributed by atoms with E-state index in [1.807, 2.05) is 0 Å². The summed E-state index contributed by atoms with van der Waals surface area (Å²) < 4.78 is 0. The van der Waals surface area contributed by atoms with Gasteiger partial charge in [-0.05, 0) is 44.4 Å². The van der Waals surface area contributed by atoms with Crippen molar-refractivity contribution in [1.82, 2.24) is 5.32 Å².